The van der Waals surface area contributed by atoms with E-state index < -0.39 is 16.1 Å². The summed E-state index contributed by atoms with van der Waals surface area (Å²) in [5.74, 6) is 0. The number of alkyl carbamates (subject to hydrolysis) is 1. The van der Waals surface area contributed by atoms with Gasteiger partial charge in [0.15, 0.2) is 11.3 Å². The first kappa shape index (κ1) is 18.1. The van der Waals surface area contributed by atoms with E-state index in [1.54, 1.807) is 6.92 Å². The summed E-state index contributed by atoms with van der Waals surface area (Å²) in [6.07, 6.45) is -1.77. The summed E-state index contributed by atoms with van der Waals surface area (Å²) in [6.45, 7) is 1.87. The van der Waals surface area contributed by atoms with Crippen LogP contribution in [-0.2, 0) is 4.74 Å². The lowest BCUT2D eigenvalue weighted by Gasteiger charge is -2.27. The maximum Gasteiger partial charge on any atom is 0.408 e. The van der Waals surface area contributed by atoms with Crippen LogP contribution in [0, 0.1) is 0 Å². The molecule has 0 saturated carbocycles. The lowest BCUT2D eigenvalue weighted by atomic mass is 10.3. The van der Waals surface area contributed by atoms with E-state index in [4.69, 9.17) is 51.8 Å². The number of thiocarbonyl (C=S) groups is 1. The molecule has 0 radical (unpaired) electrons. The van der Waals surface area contributed by atoms with Crippen molar-refractivity contribution in [1.29, 1.82) is 0 Å². The molecule has 0 bridgehead atoms. The van der Waals surface area contributed by atoms with Crippen molar-refractivity contribution in [2.45, 2.75) is 16.9 Å². The summed E-state index contributed by atoms with van der Waals surface area (Å²) in [4.78, 5) is 11.4. The Kier molecular flexibility index (Phi) is 7.31. The molecule has 116 valence electrons. The highest BCUT2D eigenvalue weighted by Crippen LogP contribution is 2.29. The maximum atomic E-state index is 11.4. The number of halogens is 3. The number of carbonyl (C=O) groups excluding carboxylic acids is 1. The van der Waals surface area contributed by atoms with Crippen LogP contribution in [0.4, 0.5) is 10.5 Å². The van der Waals surface area contributed by atoms with E-state index in [1.807, 2.05) is 30.3 Å². The van der Waals surface area contributed by atoms with Crippen molar-refractivity contribution in [3.05, 3.63) is 30.3 Å². The molecule has 0 fully saturated rings. The first-order valence-electron chi connectivity index (χ1n) is 5.95. The third kappa shape index (κ3) is 7.04. The monoisotopic (exact) mass is 369 g/mol. The van der Waals surface area contributed by atoms with Gasteiger partial charge in [-0.05, 0) is 31.3 Å². The third-order valence-corrected chi connectivity index (χ3v) is 3.05. The SMILES string of the molecule is CCOC(=O)N[C@@H](NC(=S)Nc1ccccc1)C(Cl)(Cl)Cl. The summed E-state index contributed by atoms with van der Waals surface area (Å²) in [5, 5.41) is 8.18. The molecule has 0 aromatic heterocycles. The first-order chi connectivity index (χ1) is 9.82. The Bertz CT molecular complexity index is 482. The van der Waals surface area contributed by atoms with Gasteiger partial charge in [-0.2, -0.15) is 0 Å². The van der Waals surface area contributed by atoms with Crippen molar-refractivity contribution in [2.75, 3.05) is 11.9 Å². The van der Waals surface area contributed by atoms with Crippen LogP contribution in [0.15, 0.2) is 30.3 Å². The molecule has 3 N–H and O–H groups in total. The zero-order chi connectivity index (χ0) is 15.9. The normalized spacial score (nSPS) is 12.2. The molecule has 1 atom stereocenters. The lowest BCUT2D eigenvalue weighted by Crippen LogP contribution is -2.56. The molecule has 0 saturated heterocycles. The highest BCUT2D eigenvalue weighted by atomic mass is 35.6. The van der Waals surface area contributed by atoms with E-state index >= 15 is 0 Å². The first-order valence-corrected chi connectivity index (χ1v) is 7.49. The molecule has 1 aromatic carbocycles. The van der Waals surface area contributed by atoms with Crippen molar-refractivity contribution in [2.24, 2.45) is 0 Å². The quantitative estimate of drug-likeness (QED) is 0.431. The number of rotatable bonds is 4. The van der Waals surface area contributed by atoms with Gasteiger partial charge in [-0.25, -0.2) is 4.79 Å². The zero-order valence-electron chi connectivity index (χ0n) is 11.0. The van der Waals surface area contributed by atoms with Crippen molar-refractivity contribution in [3.63, 3.8) is 0 Å². The minimum atomic E-state index is -1.81. The lowest BCUT2D eigenvalue weighted by molar-refractivity contribution is 0.147. The van der Waals surface area contributed by atoms with Crippen LogP contribution in [0.1, 0.15) is 6.92 Å². The van der Waals surface area contributed by atoms with Crippen LogP contribution in [0.5, 0.6) is 0 Å². The second-order valence-electron chi connectivity index (χ2n) is 3.80. The second-order valence-corrected chi connectivity index (χ2v) is 6.58. The molecular formula is C12H14Cl3N3O2S. The van der Waals surface area contributed by atoms with Gasteiger partial charge in [-0.1, -0.05) is 53.0 Å². The molecule has 0 heterocycles. The molecule has 0 aliphatic carbocycles. The average molecular weight is 371 g/mol. The fourth-order valence-electron chi connectivity index (χ4n) is 1.31. The van der Waals surface area contributed by atoms with Crippen molar-refractivity contribution in [1.82, 2.24) is 10.6 Å². The minimum absolute atomic E-state index is 0.189. The summed E-state index contributed by atoms with van der Waals surface area (Å²) in [6, 6.07) is 9.19. The van der Waals surface area contributed by atoms with Crippen LogP contribution < -0.4 is 16.0 Å². The van der Waals surface area contributed by atoms with E-state index in [-0.39, 0.29) is 11.7 Å². The Morgan fingerprint density at radius 2 is 1.90 bits per heavy atom. The van der Waals surface area contributed by atoms with Gasteiger partial charge in [0, 0.05) is 5.69 Å². The van der Waals surface area contributed by atoms with Crippen LogP contribution in [0.25, 0.3) is 0 Å². The molecule has 5 nitrogen and oxygen atoms in total. The fourth-order valence-corrected chi connectivity index (χ4v) is 1.87. The summed E-state index contributed by atoms with van der Waals surface area (Å²) in [5.41, 5.74) is 0.759. The van der Waals surface area contributed by atoms with Crippen LogP contribution in [-0.4, -0.2) is 27.8 Å². The Labute approximate surface area is 143 Å². The van der Waals surface area contributed by atoms with Crippen molar-refractivity contribution >= 4 is 63.9 Å². The molecule has 0 unspecified atom stereocenters. The molecule has 1 amide bonds. The number of anilines is 1. The van der Waals surface area contributed by atoms with Crippen LogP contribution in [0.3, 0.4) is 0 Å². The van der Waals surface area contributed by atoms with E-state index in [9.17, 15) is 4.79 Å². The van der Waals surface area contributed by atoms with E-state index in [0.29, 0.717) is 0 Å². The van der Waals surface area contributed by atoms with E-state index in [1.165, 1.54) is 0 Å². The van der Waals surface area contributed by atoms with Crippen LogP contribution in [0.2, 0.25) is 0 Å². The molecule has 1 rings (SSSR count). The Morgan fingerprint density at radius 1 is 1.29 bits per heavy atom. The topological polar surface area (TPSA) is 62.4 Å². The number of hydrogen-bond donors (Lipinski definition) is 3. The van der Waals surface area contributed by atoms with Gasteiger partial charge in [0.2, 0.25) is 3.79 Å². The maximum absolute atomic E-state index is 11.4. The standard InChI is InChI=1S/C12H14Cl3N3O2S/c1-2-20-11(19)18-9(12(13,14)15)17-10(21)16-8-6-4-3-5-7-8/h3-7,9H,2H2,1H3,(H,18,19)(H2,16,17,21)/t9-/m1/s1. The minimum Gasteiger partial charge on any atom is -0.450 e. The molecule has 21 heavy (non-hydrogen) atoms. The largest absolute Gasteiger partial charge is 0.450 e. The molecule has 0 aliphatic rings. The van der Waals surface area contributed by atoms with Gasteiger partial charge in [0.25, 0.3) is 0 Å². The predicted octanol–water partition coefficient (Wildman–Crippen LogP) is 3.42. The van der Waals surface area contributed by atoms with Crippen molar-refractivity contribution in [3.8, 4) is 0 Å². The zero-order valence-corrected chi connectivity index (χ0v) is 14.1. The number of carbonyl (C=O) groups is 1. The van der Waals surface area contributed by atoms with Gasteiger partial charge >= 0.3 is 6.09 Å². The Morgan fingerprint density at radius 3 is 2.43 bits per heavy atom. The summed E-state index contributed by atoms with van der Waals surface area (Å²) < 4.78 is 2.93. The molecule has 9 heteroatoms. The number of alkyl halides is 3. The summed E-state index contributed by atoms with van der Waals surface area (Å²) >= 11 is 22.5. The predicted molar refractivity (Wildman–Crippen MR) is 90.0 cm³/mol. The highest BCUT2D eigenvalue weighted by molar-refractivity contribution is 7.80. The Balaban J connectivity index is 2.64. The fraction of sp³-hybridized carbons (Fsp3) is 0.333. The van der Waals surface area contributed by atoms with Crippen molar-refractivity contribution < 1.29 is 9.53 Å². The van der Waals surface area contributed by atoms with Gasteiger partial charge in [0.1, 0.15) is 0 Å². The van der Waals surface area contributed by atoms with Gasteiger partial charge < -0.3 is 15.4 Å². The van der Waals surface area contributed by atoms with Crippen LogP contribution >= 0.6 is 47.0 Å². The highest BCUT2D eigenvalue weighted by Gasteiger charge is 2.35. The van der Waals surface area contributed by atoms with Gasteiger partial charge in [0.05, 0.1) is 6.61 Å². The summed E-state index contributed by atoms with van der Waals surface area (Å²) in [7, 11) is 0. The number of ether oxygens (including phenoxy) is 1. The third-order valence-electron chi connectivity index (χ3n) is 2.17. The number of para-hydroxylation sites is 1. The molecule has 1 aromatic rings. The Hall–Kier alpha value is -0.950. The number of amides is 1. The van der Waals surface area contributed by atoms with E-state index in [0.717, 1.165) is 5.69 Å². The second kappa shape index (κ2) is 8.48. The van der Waals surface area contributed by atoms with Gasteiger partial charge in [-0.3, -0.25) is 5.32 Å². The molecule has 0 spiro atoms. The number of hydrogen-bond acceptors (Lipinski definition) is 3. The number of nitrogens with one attached hydrogen (secondary N) is 3. The molecular weight excluding hydrogens is 357 g/mol. The smallest absolute Gasteiger partial charge is 0.408 e. The average Bonchev–Trinajstić information content (AvgIpc) is 2.38. The van der Waals surface area contributed by atoms with Gasteiger partial charge in [-0.15, -0.1) is 0 Å². The molecule has 0 aliphatic heterocycles. The van der Waals surface area contributed by atoms with E-state index in [2.05, 4.69) is 16.0 Å². The number of benzene rings is 1.